The molecule has 0 atom stereocenters. The summed E-state index contributed by atoms with van der Waals surface area (Å²) in [6, 6.07) is 0. The number of carbonyl (C=O) groups excluding carboxylic acids is 2. The van der Waals surface area contributed by atoms with E-state index in [1.165, 1.54) is 7.11 Å². The molecule has 0 fully saturated rings. The van der Waals surface area contributed by atoms with Gasteiger partial charge in [-0.25, -0.2) is 4.79 Å². The van der Waals surface area contributed by atoms with E-state index in [0.717, 1.165) is 25.7 Å². The number of rotatable bonds is 8. The van der Waals surface area contributed by atoms with Crippen molar-refractivity contribution in [2.45, 2.75) is 46.0 Å². The number of unbranched alkanes of at least 4 members (excludes halogenated alkanes) is 2. The van der Waals surface area contributed by atoms with E-state index in [-0.39, 0.29) is 12.6 Å². The SMILES string of the molecule is CCCC=C(COC(=O)CCCC)C(=O)OC. The summed E-state index contributed by atoms with van der Waals surface area (Å²) < 4.78 is 9.64. The Morgan fingerprint density at radius 1 is 1.18 bits per heavy atom. The van der Waals surface area contributed by atoms with Gasteiger partial charge < -0.3 is 9.47 Å². The van der Waals surface area contributed by atoms with Gasteiger partial charge in [0.25, 0.3) is 0 Å². The lowest BCUT2D eigenvalue weighted by Gasteiger charge is -2.07. The number of methoxy groups -OCH3 is 1. The van der Waals surface area contributed by atoms with Gasteiger partial charge in [0.05, 0.1) is 12.7 Å². The first-order chi connectivity index (χ1) is 8.15. The van der Waals surface area contributed by atoms with Crippen LogP contribution in [0.3, 0.4) is 0 Å². The van der Waals surface area contributed by atoms with Gasteiger partial charge in [-0.05, 0) is 12.8 Å². The Bertz CT molecular complexity index is 269. The van der Waals surface area contributed by atoms with Crippen molar-refractivity contribution >= 4 is 11.9 Å². The van der Waals surface area contributed by atoms with Crippen molar-refractivity contribution in [2.75, 3.05) is 13.7 Å². The summed E-state index contributed by atoms with van der Waals surface area (Å²) in [6.45, 7) is 4.03. The molecule has 0 aromatic carbocycles. The monoisotopic (exact) mass is 242 g/mol. The molecule has 0 heterocycles. The van der Waals surface area contributed by atoms with Crippen molar-refractivity contribution in [3.05, 3.63) is 11.6 Å². The van der Waals surface area contributed by atoms with Crippen LogP contribution in [0.15, 0.2) is 11.6 Å². The second kappa shape index (κ2) is 9.87. The number of hydrogen-bond acceptors (Lipinski definition) is 4. The molecule has 98 valence electrons. The van der Waals surface area contributed by atoms with E-state index in [1.807, 2.05) is 13.8 Å². The molecule has 0 rings (SSSR count). The number of esters is 2. The van der Waals surface area contributed by atoms with Crippen molar-refractivity contribution in [3.63, 3.8) is 0 Å². The molecule has 0 N–H and O–H groups in total. The first kappa shape index (κ1) is 15.7. The Morgan fingerprint density at radius 3 is 2.41 bits per heavy atom. The van der Waals surface area contributed by atoms with Gasteiger partial charge in [0.2, 0.25) is 0 Å². The zero-order valence-corrected chi connectivity index (χ0v) is 11.0. The van der Waals surface area contributed by atoms with E-state index in [4.69, 9.17) is 4.74 Å². The van der Waals surface area contributed by atoms with Crippen LogP contribution in [0.5, 0.6) is 0 Å². The van der Waals surface area contributed by atoms with Crippen LogP contribution in [0.4, 0.5) is 0 Å². The molecule has 0 spiro atoms. The minimum Gasteiger partial charge on any atom is -0.466 e. The molecule has 17 heavy (non-hydrogen) atoms. The minimum absolute atomic E-state index is 0.00915. The van der Waals surface area contributed by atoms with E-state index < -0.39 is 5.97 Å². The van der Waals surface area contributed by atoms with Crippen LogP contribution >= 0.6 is 0 Å². The normalized spacial score (nSPS) is 11.1. The van der Waals surface area contributed by atoms with Gasteiger partial charge in [0, 0.05) is 6.42 Å². The maximum Gasteiger partial charge on any atom is 0.336 e. The first-order valence-corrected chi connectivity index (χ1v) is 6.08. The van der Waals surface area contributed by atoms with Gasteiger partial charge in [-0.1, -0.05) is 32.8 Å². The Morgan fingerprint density at radius 2 is 1.88 bits per heavy atom. The molecule has 0 aliphatic carbocycles. The van der Waals surface area contributed by atoms with Crippen LogP contribution < -0.4 is 0 Å². The predicted molar refractivity (Wildman–Crippen MR) is 65.5 cm³/mol. The van der Waals surface area contributed by atoms with Crippen molar-refractivity contribution in [3.8, 4) is 0 Å². The second-order valence-corrected chi connectivity index (χ2v) is 3.77. The summed E-state index contributed by atoms with van der Waals surface area (Å²) in [6.07, 6.45) is 5.63. The van der Waals surface area contributed by atoms with E-state index in [9.17, 15) is 9.59 Å². The van der Waals surface area contributed by atoms with Crippen LogP contribution in [-0.4, -0.2) is 25.7 Å². The van der Waals surface area contributed by atoms with Crippen LogP contribution in [0.25, 0.3) is 0 Å². The molecule has 0 saturated carbocycles. The van der Waals surface area contributed by atoms with E-state index in [1.54, 1.807) is 6.08 Å². The third-order valence-electron chi connectivity index (χ3n) is 2.25. The van der Waals surface area contributed by atoms with Crippen molar-refractivity contribution in [1.29, 1.82) is 0 Å². The van der Waals surface area contributed by atoms with E-state index >= 15 is 0 Å². The second-order valence-electron chi connectivity index (χ2n) is 3.77. The highest BCUT2D eigenvalue weighted by molar-refractivity contribution is 5.89. The number of allylic oxidation sites excluding steroid dienone is 1. The zero-order chi connectivity index (χ0) is 13.1. The molecular formula is C13H22O4. The summed E-state index contributed by atoms with van der Waals surface area (Å²) in [7, 11) is 1.32. The Labute approximate surface area is 103 Å². The average molecular weight is 242 g/mol. The smallest absolute Gasteiger partial charge is 0.336 e. The predicted octanol–water partition coefficient (Wildman–Crippen LogP) is 2.62. The molecule has 4 nitrogen and oxygen atoms in total. The highest BCUT2D eigenvalue weighted by Crippen LogP contribution is 2.05. The standard InChI is InChI=1S/C13H22O4/c1-4-6-8-11(13(15)16-3)10-17-12(14)9-7-5-2/h8H,4-7,9-10H2,1-3H3. The third-order valence-corrected chi connectivity index (χ3v) is 2.25. The highest BCUT2D eigenvalue weighted by atomic mass is 16.5. The van der Waals surface area contributed by atoms with Crippen molar-refractivity contribution in [1.82, 2.24) is 0 Å². The summed E-state index contributed by atoms with van der Waals surface area (Å²) in [5, 5.41) is 0. The molecule has 0 amide bonds. The maximum atomic E-state index is 11.4. The fourth-order valence-electron chi connectivity index (χ4n) is 1.20. The topological polar surface area (TPSA) is 52.6 Å². The van der Waals surface area contributed by atoms with Gasteiger partial charge in [-0.15, -0.1) is 0 Å². The molecule has 4 heteroatoms. The quantitative estimate of drug-likeness (QED) is 0.485. The lowest BCUT2D eigenvalue weighted by atomic mass is 10.2. The average Bonchev–Trinajstić information content (AvgIpc) is 2.35. The maximum absolute atomic E-state index is 11.4. The molecule has 0 bridgehead atoms. The molecule has 0 aromatic rings. The Kier molecular flexibility index (Phi) is 9.11. The van der Waals surface area contributed by atoms with Crippen LogP contribution in [-0.2, 0) is 19.1 Å². The first-order valence-electron chi connectivity index (χ1n) is 6.08. The van der Waals surface area contributed by atoms with Crippen LogP contribution in [0, 0.1) is 0 Å². The van der Waals surface area contributed by atoms with Crippen LogP contribution in [0.1, 0.15) is 46.0 Å². The van der Waals surface area contributed by atoms with Gasteiger partial charge in [-0.3, -0.25) is 4.79 Å². The van der Waals surface area contributed by atoms with Gasteiger partial charge in [0.1, 0.15) is 6.61 Å². The molecule has 0 aromatic heterocycles. The lowest BCUT2D eigenvalue weighted by molar-refractivity contribution is -0.144. The summed E-state index contributed by atoms with van der Waals surface area (Å²) in [4.78, 5) is 22.7. The Hall–Kier alpha value is -1.32. The van der Waals surface area contributed by atoms with E-state index in [2.05, 4.69) is 4.74 Å². The zero-order valence-electron chi connectivity index (χ0n) is 11.0. The molecule has 0 unspecified atom stereocenters. The molecule has 0 aliphatic rings. The largest absolute Gasteiger partial charge is 0.466 e. The lowest BCUT2D eigenvalue weighted by Crippen LogP contribution is -2.14. The minimum atomic E-state index is -0.429. The van der Waals surface area contributed by atoms with Gasteiger partial charge >= 0.3 is 11.9 Å². The molecule has 0 aliphatic heterocycles. The van der Waals surface area contributed by atoms with Crippen molar-refractivity contribution < 1.29 is 19.1 Å². The Balaban J connectivity index is 4.16. The molecule has 0 radical (unpaired) electrons. The van der Waals surface area contributed by atoms with Gasteiger partial charge in [0.15, 0.2) is 0 Å². The fourth-order valence-corrected chi connectivity index (χ4v) is 1.20. The van der Waals surface area contributed by atoms with Gasteiger partial charge in [-0.2, -0.15) is 0 Å². The highest BCUT2D eigenvalue weighted by Gasteiger charge is 2.11. The molecular weight excluding hydrogens is 220 g/mol. The van der Waals surface area contributed by atoms with E-state index in [0.29, 0.717) is 12.0 Å². The van der Waals surface area contributed by atoms with Crippen molar-refractivity contribution in [2.24, 2.45) is 0 Å². The number of hydrogen-bond donors (Lipinski definition) is 0. The fraction of sp³-hybridized carbons (Fsp3) is 0.692. The van der Waals surface area contributed by atoms with Crippen LogP contribution in [0.2, 0.25) is 0 Å². The molecule has 0 saturated heterocycles. The number of ether oxygens (including phenoxy) is 2. The summed E-state index contributed by atoms with van der Waals surface area (Å²) >= 11 is 0. The summed E-state index contributed by atoms with van der Waals surface area (Å²) in [5.41, 5.74) is 0.416. The summed E-state index contributed by atoms with van der Waals surface area (Å²) in [5.74, 6) is -0.695. The number of carbonyl (C=O) groups is 2. The third kappa shape index (κ3) is 7.55.